The summed E-state index contributed by atoms with van der Waals surface area (Å²) in [5.74, 6) is 2.43. The lowest BCUT2D eigenvalue weighted by Crippen LogP contribution is -2.60. The van der Waals surface area contributed by atoms with Gasteiger partial charge in [-0.3, -0.25) is 4.79 Å². The van der Waals surface area contributed by atoms with E-state index >= 15 is 0 Å². The number of likely N-dealkylation sites (N-methyl/N-ethyl adjacent to an activating group) is 1. The molecule has 0 radical (unpaired) electrons. The highest BCUT2D eigenvalue weighted by Gasteiger charge is 2.45. The zero-order valence-electron chi connectivity index (χ0n) is 10.1. The summed E-state index contributed by atoms with van der Waals surface area (Å²) in [6, 6.07) is 0.483. The van der Waals surface area contributed by atoms with Gasteiger partial charge in [0.2, 0.25) is 5.91 Å². The van der Waals surface area contributed by atoms with Crippen molar-refractivity contribution >= 4 is 5.91 Å². The molecule has 0 aromatic heterocycles. The Morgan fingerprint density at radius 2 is 2.12 bits per heavy atom. The van der Waals surface area contributed by atoms with Crippen LogP contribution in [0.25, 0.3) is 0 Å². The Bertz CT molecular complexity index is 284. The van der Waals surface area contributed by atoms with Crippen molar-refractivity contribution in [2.24, 2.45) is 17.8 Å². The van der Waals surface area contributed by atoms with Crippen LogP contribution in [0.15, 0.2) is 0 Å². The van der Waals surface area contributed by atoms with Crippen LogP contribution in [0.1, 0.15) is 32.6 Å². The quantitative estimate of drug-likeness (QED) is 0.779. The minimum Gasteiger partial charge on any atom is -0.337 e. The average molecular weight is 222 g/mol. The van der Waals surface area contributed by atoms with E-state index in [0.717, 1.165) is 31.5 Å². The van der Waals surface area contributed by atoms with Crippen molar-refractivity contribution in [2.45, 2.75) is 38.6 Å². The van der Waals surface area contributed by atoms with Gasteiger partial charge in [-0.15, -0.1) is 0 Å². The molecule has 90 valence electrons. The van der Waals surface area contributed by atoms with E-state index in [0.29, 0.717) is 17.9 Å². The summed E-state index contributed by atoms with van der Waals surface area (Å²) in [4.78, 5) is 14.6. The Morgan fingerprint density at radius 1 is 1.31 bits per heavy atom. The molecule has 3 aliphatic rings. The standard InChI is InChI=1S/C13H22N2O/c1-2-15(11-7-14-8-11)13(16)12-6-9-3-4-10(12)5-9/h9-12,14H,2-8H2,1H3. The molecule has 3 unspecified atom stereocenters. The molecule has 1 heterocycles. The number of carbonyl (C=O) groups excluding carboxylic acids is 1. The molecule has 0 aromatic carbocycles. The summed E-state index contributed by atoms with van der Waals surface area (Å²) in [5, 5.41) is 3.26. The van der Waals surface area contributed by atoms with E-state index in [1.165, 1.54) is 25.7 Å². The molecule has 3 nitrogen and oxygen atoms in total. The monoisotopic (exact) mass is 222 g/mol. The second kappa shape index (κ2) is 4.02. The van der Waals surface area contributed by atoms with Gasteiger partial charge in [0.25, 0.3) is 0 Å². The number of fused-ring (bicyclic) bond motifs is 2. The second-order valence-electron chi connectivity index (χ2n) is 5.72. The van der Waals surface area contributed by atoms with Crippen molar-refractivity contribution < 1.29 is 4.79 Å². The van der Waals surface area contributed by atoms with Crippen molar-refractivity contribution in [1.82, 2.24) is 10.2 Å². The first kappa shape index (κ1) is 10.6. The number of rotatable bonds is 3. The summed E-state index contributed by atoms with van der Waals surface area (Å²) in [5.41, 5.74) is 0. The molecule has 1 amide bonds. The molecule has 0 spiro atoms. The molecular weight excluding hydrogens is 200 g/mol. The highest BCUT2D eigenvalue weighted by atomic mass is 16.2. The largest absolute Gasteiger partial charge is 0.337 e. The molecule has 2 aliphatic carbocycles. The highest BCUT2D eigenvalue weighted by Crippen LogP contribution is 2.49. The first-order chi connectivity index (χ1) is 7.79. The number of hydrogen-bond donors (Lipinski definition) is 1. The summed E-state index contributed by atoms with van der Waals surface area (Å²) in [6.45, 7) is 5.00. The first-order valence-corrected chi connectivity index (χ1v) is 6.80. The third-order valence-electron chi connectivity index (χ3n) is 4.88. The van der Waals surface area contributed by atoms with E-state index in [2.05, 4.69) is 17.1 Å². The van der Waals surface area contributed by atoms with Crippen molar-refractivity contribution in [1.29, 1.82) is 0 Å². The average Bonchev–Trinajstić information content (AvgIpc) is 2.83. The minimum atomic E-state index is 0.374. The van der Waals surface area contributed by atoms with E-state index in [4.69, 9.17) is 0 Å². The van der Waals surface area contributed by atoms with Crippen LogP contribution in [0.5, 0.6) is 0 Å². The van der Waals surface area contributed by atoms with Gasteiger partial charge in [-0.05, 0) is 38.0 Å². The number of nitrogens with zero attached hydrogens (tertiary/aromatic N) is 1. The summed E-state index contributed by atoms with van der Waals surface area (Å²) >= 11 is 0. The van der Waals surface area contributed by atoms with E-state index in [9.17, 15) is 4.79 Å². The first-order valence-electron chi connectivity index (χ1n) is 6.80. The van der Waals surface area contributed by atoms with E-state index in [-0.39, 0.29) is 0 Å². The molecule has 3 fully saturated rings. The third-order valence-corrected chi connectivity index (χ3v) is 4.88. The van der Waals surface area contributed by atoms with Crippen molar-refractivity contribution in [2.75, 3.05) is 19.6 Å². The molecule has 16 heavy (non-hydrogen) atoms. The maximum absolute atomic E-state index is 12.5. The van der Waals surface area contributed by atoms with Crippen LogP contribution in [0.3, 0.4) is 0 Å². The predicted molar refractivity (Wildman–Crippen MR) is 63.0 cm³/mol. The normalized spacial score (nSPS) is 37.4. The van der Waals surface area contributed by atoms with E-state index < -0.39 is 0 Å². The Balaban J connectivity index is 1.66. The molecule has 3 rings (SSSR count). The third kappa shape index (κ3) is 1.56. The molecule has 1 aliphatic heterocycles. The molecule has 1 saturated heterocycles. The molecule has 3 heteroatoms. The van der Waals surface area contributed by atoms with Crippen LogP contribution in [-0.4, -0.2) is 36.5 Å². The second-order valence-corrected chi connectivity index (χ2v) is 5.72. The molecular formula is C13H22N2O. The van der Waals surface area contributed by atoms with Crippen LogP contribution < -0.4 is 5.32 Å². The number of nitrogens with one attached hydrogen (secondary N) is 1. The maximum Gasteiger partial charge on any atom is 0.226 e. The SMILES string of the molecule is CCN(C(=O)C1CC2CCC1C2)C1CNC1. The summed E-state index contributed by atoms with van der Waals surface area (Å²) < 4.78 is 0. The minimum absolute atomic E-state index is 0.374. The Kier molecular flexibility index (Phi) is 2.66. The molecule has 3 atom stereocenters. The fourth-order valence-electron chi connectivity index (χ4n) is 3.85. The van der Waals surface area contributed by atoms with Crippen LogP contribution in [0.2, 0.25) is 0 Å². The van der Waals surface area contributed by atoms with Gasteiger partial charge in [0.1, 0.15) is 0 Å². The zero-order valence-corrected chi connectivity index (χ0v) is 10.1. The van der Waals surface area contributed by atoms with Crippen molar-refractivity contribution in [3.63, 3.8) is 0 Å². The molecule has 2 saturated carbocycles. The number of amides is 1. The molecule has 1 N–H and O–H groups in total. The summed E-state index contributed by atoms with van der Waals surface area (Å²) in [6.07, 6.45) is 5.20. The maximum atomic E-state index is 12.5. The topological polar surface area (TPSA) is 32.3 Å². The van der Waals surface area contributed by atoms with Crippen molar-refractivity contribution in [3.8, 4) is 0 Å². The number of carbonyl (C=O) groups is 1. The van der Waals surface area contributed by atoms with E-state index in [1.807, 2.05) is 0 Å². The van der Waals surface area contributed by atoms with Gasteiger partial charge in [0.15, 0.2) is 0 Å². The lowest BCUT2D eigenvalue weighted by atomic mass is 9.87. The van der Waals surface area contributed by atoms with Crippen LogP contribution in [-0.2, 0) is 4.79 Å². The van der Waals surface area contributed by atoms with Gasteiger partial charge in [-0.1, -0.05) is 6.42 Å². The molecule has 2 bridgehead atoms. The van der Waals surface area contributed by atoms with Gasteiger partial charge >= 0.3 is 0 Å². The zero-order chi connectivity index (χ0) is 11.1. The van der Waals surface area contributed by atoms with Crippen LogP contribution in [0.4, 0.5) is 0 Å². The Labute approximate surface area is 97.6 Å². The predicted octanol–water partition coefficient (Wildman–Crippen LogP) is 1.24. The Morgan fingerprint density at radius 3 is 2.56 bits per heavy atom. The van der Waals surface area contributed by atoms with Crippen molar-refractivity contribution in [3.05, 3.63) is 0 Å². The Hall–Kier alpha value is -0.570. The van der Waals surface area contributed by atoms with Gasteiger partial charge in [0, 0.05) is 25.6 Å². The van der Waals surface area contributed by atoms with Gasteiger partial charge in [0.05, 0.1) is 6.04 Å². The lowest BCUT2D eigenvalue weighted by Gasteiger charge is -2.40. The highest BCUT2D eigenvalue weighted by molar-refractivity contribution is 5.80. The van der Waals surface area contributed by atoms with Gasteiger partial charge in [-0.2, -0.15) is 0 Å². The fraction of sp³-hybridized carbons (Fsp3) is 0.923. The smallest absolute Gasteiger partial charge is 0.226 e. The van der Waals surface area contributed by atoms with Crippen LogP contribution >= 0.6 is 0 Å². The van der Waals surface area contributed by atoms with Gasteiger partial charge in [-0.25, -0.2) is 0 Å². The van der Waals surface area contributed by atoms with E-state index in [1.54, 1.807) is 0 Å². The van der Waals surface area contributed by atoms with Crippen LogP contribution in [0, 0.1) is 17.8 Å². The summed E-state index contributed by atoms with van der Waals surface area (Å²) in [7, 11) is 0. The molecule has 0 aromatic rings. The lowest BCUT2D eigenvalue weighted by molar-refractivity contribution is -0.140. The number of hydrogen-bond acceptors (Lipinski definition) is 2. The fourth-order valence-corrected chi connectivity index (χ4v) is 3.85. The van der Waals surface area contributed by atoms with Gasteiger partial charge < -0.3 is 10.2 Å².